The molecule has 0 spiro atoms. The number of benzene rings is 2. The fourth-order valence-corrected chi connectivity index (χ4v) is 6.33. The average Bonchev–Trinajstić information content (AvgIpc) is 3.21. The minimum atomic E-state index is -3.70. The quantitative estimate of drug-likeness (QED) is 0.648. The molecule has 2 saturated heterocycles. The third-order valence-corrected chi connectivity index (χ3v) is 8.36. The summed E-state index contributed by atoms with van der Waals surface area (Å²) in [6.45, 7) is 1.42. The van der Waals surface area contributed by atoms with Crippen LogP contribution in [0.5, 0.6) is 11.5 Å². The zero-order chi connectivity index (χ0) is 22.9. The van der Waals surface area contributed by atoms with Gasteiger partial charge in [-0.2, -0.15) is 9.37 Å². The predicted molar refractivity (Wildman–Crippen MR) is 119 cm³/mol. The summed E-state index contributed by atoms with van der Waals surface area (Å²) in [5.41, 5.74) is 1.18. The Morgan fingerprint density at radius 3 is 2.41 bits per heavy atom. The van der Waals surface area contributed by atoms with E-state index < -0.39 is 21.3 Å². The Morgan fingerprint density at radius 2 is 1.75 bits per heavy atom. The van der Waals surface area contributed by atoms with Gasteiger partial charge in [-0.05, 0) is 30.3 Å². The van der Waals surface area contributed by atoms with Crippen LogP contribution >= 0.6 is 0 Å². The maximum Gasteiger partial charge on any atom is 0.221 e. The van der Waals surface area contributed by atoms with E-state index in [1.165, 1.54) is 10.4 Å². The highest BCUT2D eigenvalue weighted by Gasteiger charge is 2.47. The van der Waals surface area contributed by atoms with Crippen LogP contribution in [0.25, 0.3) is 0 Å². The number of anilines is 1. The summed E-state index contributed by atoms with van der Waals surface area (Å²) >= 11 is 0. The molecule has 2 aliphatic heterocycles. The molecule has 0 saturated carbocycles. The number of sulfonamides is 1. The van der Waals surface area contributed by atoms with Gasteiger partial charge in [0.25, 0.3) is 0 Å². The van der Waals surface area contributed by atoms with E-state index in [4.69, 9.17) is 14.3 Å². The van der Waals surface area contributed by atoms with Crippen molar-refractivity contribution < 1.29 is 27.1 Å². The normalized spacial score (nSPS) is 22.8. The van der Waals surface area contributed by atoms with E-state index >= 15 is 0 Å². The van der Waals surface area contributed by atoms with Crippen molar-refractivity contribution in [2.75, 3.05) is 59.0 Å². The van der Waals surface area contributed by atoms with Crippen molar-refractivity contribution in [3.05, 3.63) is 53.8 Å². The van der Waals surface area contributed by atoms with Gasteiger partial charge in [0.1, 0.15) is 22.6 Å². The number of nitrogens with zero attached hydrogens (tertiary/aromatic N) is 3. The summed E-state index contributed by atoms with van der Waals surface area (Å²) in [6.07, 6.45) is 0. The van der Waals surface area contributed by atoms with Crippen molar-refractivity contribution >= 4 is 15.7 Å². The molecule has 4 rings (SSSR count). The standard InChI is InChI=1S/C22H28FN3O5S/c1-24-22(17-14-16(29-2)8-9-20(17)30-3)21(15-31-24)32(27,28)26-12-10-25(11-13-26)19-7-5-4-6-18(19)23/h4-9,14,21-22H,10-13,15H2,1-3H3/t21-,22+/m0/s1. The van der Waals surface area contributed by atoms with Crippen LogP contribution in [0.1, 0.15) is 11.6 Å². The van der Waals surface area contributed by atoms with Gasteiger partial charge in [0, 0.05) is 38.8 Å². The summed E-state index contributed by atoms with van der Waals surface area (Å²) in [4.78, 5) is 7.54. The SMILES string of the molecule is COc1ccc(OC)c([C@@H]2[C@@H](S(=O)(=O)N3CCN(c4ccccc4F)CC3)CON2C)c1. The van der Waals surface area contributed by atoms with Gasteiger partial charge in [-0.3, -0.25) is 4.84 Å². The molecule has 0 N–H and O–H groups in total. The molecule has 2 fully saturated rings. The molecule has 174 valence electrons. The first-order valence-corrected chi connectivity index (χ1v) is 11.9. The second-order valence-corrected chi connectivity index (χ2v) is 9.97. The maximum absolute atomic E-state index is 14.1. The minimum absolute atomic E-state index is 0.0391. The molecule has 2 atom stereocenters. The third kappa shape index (κ3) is 4.15. The molecule has 0 unspecified atom stereocenters. The highest BCUT2D eigenvalue weighted by Crippen LogP contribution is 2.41. The predicted octanol–water partition coefficient (Wildman–Crippen LogP) is 2.28. The molecule has 8 nitrogen and oxygen atoms in total. The summed E-state index contributed by atoms with van der Waals surface area (Å²) in [5, 5.41) is 0.753. The van der Waals surface area contributed by atoms with Crippen LogP contribution in [-0.2, 0) is 14.9 Å². The van der Waals surface area contributed by atoms with Crippen molar-refractivity contribution in [3.8, 4) is 11.5 Å². The lowest BCUT2D eigenvalue weighted by atomic mass is 10.0. The van der Waals surface area contributed by atoms with Gasteiger partial charge in [0.15, 0.2) is 0 Å². The molecule has 32 heavy (non-hydrogen) atoms. The van der Waals surface area contributed by atoms with Gasteiger partial charge in [0.05, 0.1) is 32.6 Å². The van der Waals surface area contributed by atoms with E-state index in [0.29, 0.717) is 35.8 Å². The maximum atomic E-state index is 14.1. The van der Waals surface area contributed by atoms with Crippen molar-refractivity contribution in [2.24, 2.45) is 0 Å². The first kappa shape index (κ1) is 22.8. The van der Waals surface area contributed by atoms with Crippen LogP contribution < -0.4 is 14.4 Å². The summed E-state index contributed by atoms with van der Waals surface area (Å²) < 4.78 is 53.7. The van der Waals surface area contributed by atoms with Crippen LogP contribution in [-0.4, -0.2) is 77.1 Å². The third-order valence-electron chi connectivity index (χ3n) is 6.12. The molecule has 10 heteroatoms. The minimum Gasteiger partial charge on any atom is -0.497 e. The second kappa shape index (κ2) is 9.22. The van der Waals surface area contributed by atoms with Gasteiger partial charge in [-0.1, -0.05) is 12.1 Å². The summed E-state index contributed by atoms with van der Waals surface area (Å²) in [5.74, 6) is 0.869. The number of piperazine rings is 1. The van der Waals surface area contributed by atoms with E-state index in [1.54, 1.807) is 62.7 Å². The molecule has 0 amide bonds. The van der Waals surface area contributed by atoms with E-state index in [-0.39, 0.29) is 25.5 Å². The molecule has 2 aliphatic rings. The number of hydroxylamine groups is 2. The smallest absolute Gasteiger partial charge is 0.221 e. The zero-order valence-corrected chi connectivity index (χ0v) is 19.2. The van der Waals surface area contributed by atoms with E-state index in [2.05, 4.69) is 0 Å². The molecule has 0 aliphatic carbocycles. The van der Waals surface area contributed by atoms with Crippen molar-refractivity contribution in [1.29, 1.82) is 0 Å². The Bertz CT molecular complexity index is 1060. The van der Waals surface area contributed by atoms with Gasteiger partial charge in [-0.25, -0.2) is 12.8 Å². The molecule has 2 heterocycles. The number of para-hydroxylation sites is 1. The van der Waals surface area contributed by atoms with E-state index in [1.807, 2.05) is 4.90 Å². The lowest BCUT2D eigenvalue weighted by molar-refractivity contribution is -0.110. The van der Waals surface area contributed by atoms with Crippen molar-refractivity contribution in [2.45, 2.75) is 11.3 Å². The van der Waals surface area contributed by atoms with Crippen LogP contribution in [0.2, 0.25) is 0 Å². The molecular formula is C22H28FN3O5S. The number of ether oxygens (including phenoxy) is 2. The number of halogens is 1. The Morgan fingerprint density at radius 1 is 1.03 bits per heavy atom. The molecule has 0 aromatic heterocycles. The number of rotatable bonds is 6. The van der Waals surface area contributed by atoms with E-state index in [0.717, 1.165) is 0 Å². The summed E-state index contributed by atoms with van der Waals surface area (Å²) in [6, 6.07) is 11.3. The van der Waals surface area contributed by atoms with Crippen LogP contribution in [0.3, 0.4) is 0 Å². The Balaban J connectivity index is 1.57. The fourth-order valence-electron chi connectivity index (χ4n) is 4.40. The number of methoxy groups -OCH3 is 2. The number of hydrogen-bond donors (Lipinski definition) is 0. The zero-order valence-electron chi connectivity index (χ0n) is 18.4. The first-order valence-electron chi connectivity index (χ1n) is 10.4. The topological polar surface area (TPSA) is 71.5 Å². The van der Waals surface area contributed by atoms with Gasteiger partial charge >= 0.3 is 0 Å². The molecule has 0 bridgehead atoms. The van der Waals surface area contributed by atoms with Gasteiger partial charge in [0.2, 0.25) is 10.0 Å². The molecule has 0 radical (unpaired) electrons. The van der Waals surface area contributed by atoms with Crippen LogP contribution in [0, 0.1) is 5.82 Å². The number of hydrogen-bond acceptors (Lipinski definition) is 7. The Hall–Kier alpha value is -2.40. The van der Waals surface area contributed by atoms with E-state index in [9.17, 15) is 12.8 Å². The molecular weight excluding hydrogens is 437 g/mol. The van der Waals surface area contributed by atoms with Gasteiger partial charge < -0.3 is 14.4 Å². The van der Waals surface area contributed by atoms with Crippen molar-refractivity contribution in [3.63, 3.8) is 0 Å². The van der Waals surface area contributed by atoms with Gasteiger partial charge in [-0.15, -0.1) is 0 Å². The largest absolute Gasteiger partial charge is 0.497 e. The highest BCUT2D eigenvalue weighted by molar-refractivity contribution is 7.89. The van der Waals surface area contributed by atoms with Crippen LogP contribution in [0.4, 0.5) is 10.1 Å². The summed E-state index contributed by atoms with van der Waals surface area (Å²) in [7, 11) is 1.12. The molecule has 2 aromatic rings. The highest BCUT2D eigenvalue weighted by atomic mass is 32.2. The fraction of sp³-hybridized carbons (Fsp3) is 0.455. The Labute approximate surface area is 188 Å². The lowest BCUT2D eigenvalue weighted by Gasteiger charge is -2.37. The average molecular weight is 466 g/mol. The lowest BCUT2D eigenvalue weighted by Crippen LogP contribution is -2.52. The molecule has 2 aromatic carbocycles. The monoisotopic (exact) mass is 465 g/mol. The Kier molecular flexibility index (Phi) is 6.57. The first-order chi connectivity index (χ1) is 15.4. The van der Waals surface area contributed by atoms with Crippen molar-refractivity contribution in [1.82, 2.24) is 9.37 Å². The second-order valence-electron chi connectivity index (χ2n) is 7.82. The van der Waals surface area contributed by atoms with Crippen LogP contribution in [0.15, 0.2) is 42.5 Å².